The van der Waals surface area contributed by atoms with Gasteiger partial charge in [-0.15, -0.1) is 11.3 Å². The molecular weight excluding hydrogens is 274 g/mol. The fourth-order valence-electron chi connectivity index (χ4n) is 2.50. The Balaban J connectivity index is 2.19. The molecule has 0 bridgehead atoms. The molecule has 3 rings (SSSR count). The second-order valence-corrected chi connectivity index (χ2v) is 7.27. The normalized spacial score (nSPS) is 16.1. The number of rotatable bonds is 2. The Morgan fingerprint density at radius 1 is 1.32 bits per heavy atom. The van der Waals surface area contributed by atoms with Crippen molar-refractivity contribution in [2.24, 2.45) is 0 Å². The Hall–Kier alpha value is -1.12. The molecule has 5 heteroatoms. The van der Waals surface area contributed by atoms with Crippen LogP contribution in [-0.2, 0) is 12.8 Å². The van der Waals surface area contributed by atoms with Crippen LogP contribution in [0.1, 0.15) is 36.0 Å². The summed E-state index contributed by atoms with van der Waals surface area (Å²) in [6.07, 6.45) is 4.84. The minimum absolute atomic E-state index is 0.0726. The molecule has 0 saturated carbocycles. The van der Waals surface area contributed by atoms with Gasteiger partial charge in [0.25, 0.3) is 0 Å². The third-order valence-corrected chi connectivity index (χ3v) is 5.53. The maximum atomic E-state index is 9.01. The molecule has 2 aromatic rings. The number of hydrogen-bond donors (Lipinski definition) is 0. The SMILES string of the molecule is Cc1nc(S[C@@H](C)C#N)c2c3c(sc2n1)CCCC3. The van der Waals surface area contributed by atoms with Gasteiger partial charge in [0, 0.05) is 10.3 Å². The molecule has 98 valence electrons. The molecule has 3 nitrogen and oxygen atoms in total. The zero-order valence-corrected chi connectivity index (χ0v) is 12.7. The Morgan fingerprint density at radius 2 is 2.11 bits per heavy atom. The Morgan fingerprint density at radius 3 is 2.89 bits per heavy atom. The zero-order valence-electron chi connectivity index (χ0n) is 11.1. The minimum Gasteiger partial charge on any atom is -0.226 e. The quantitative estimate of drug-likeness (QED) is 0.622. The molecule has 0 N–H and O–H groups in total. The van der Waals surface area contributed by atoms with Crippen LogP contribution >= 0.6 is 23.1 Å². The number of hydrogen-bond acceptors (Lipinski definition) is 5. The number of thiophene rings is 1. The molecule has 0 fully saturated rings. The average molecular weight is 289 g/mol. The Bertz CT molecular complexity index is 669. The third kappa shape index (κ3) is 2.35. The molecule has 2 aromatic heterocycles. The highest BCUT2D eigenvalue weighted by Crippen LogP contribution is 2.40. The van der Waals surface area contributed by atoms with E-state index in [-0.39, 0.29) is 5.25 Å². The molecule has 0 radical (unpaired) electrons. The van der Waals surface area contributed by atoms with Gasteiger partial charge in [0.2, 0.25) is 0 Å². The first-order chi connectivity index (χ1) is 9.19. The van der Waals surface area contributed by atoms with Gasteiger partial charge in [-0.2, -0.15) is 5.26 Å². The maximum Gasteiger partial charge on any atom is 0.128 e. The first kappa shape index (κ1) is 12.9. The van der Waals surface area contributed by atoms with Crippen LogP contribution in [0.2, 0.25) is 0 Å². The molecule has 1 atom stereocenters. The van der Waals surface area contributed by atoms with E-state index >= 15 is 0 Å². The number of aromatic nitrogens is 2. The highest BCUT2D eigenvalue weighted by molar-refractivity contribution is 8.00. The summed E-state index contributed by atoms with van der Waals surface area (Å²) in [6.45, 7) is 3.85. The van der Waals surface area contributed by atoms with Crippen LogP contribution in [0.4, 0.5) is 0 Å². The molecule has 1 aliphatic carbocycles. The molecule has 1 aliphatic rings. The van der Waals surface area contributed by atoms with E-state index in [4.69, 9.17) is 5.26 Å². The number of fused-ring (bicyclic) bond motifs is 3. The second kappa shape index (κ2) is 5.10. The van der Waals surface area contributed by atoms with Gasteiger partial charge in [0.1, 0.15) is 15.7 Å². The van der Waals surface area contributed by atoms with E-state index in [0.29, 0.717) is 0 Å². The largest absolute Gasteiger partial charge is 0.226 e. The smallest absolute Gasteiger partial charge is 0.128 e. The standard InChI is InChI=1S/C14H15N3S2/c1-8(7-15)18-13-12-10-5-3-4-6-11(10)19-14(12)17-9(2)16-13/h8H,3-6H2,1-2H3/t8-/m0/s1. The molecular formula is C14H15N3S2. The van der Waals surface area contributed by atoms with Crippen molar-refractivity contribution in [1.29, 1.82) is 5.26 Å². The number of aryl methyl sites for hydroxylation is 3. The topological polar surface area (TPSA) is 49.6 Å². The Labute approximate surface area is 121 Å². The average Bonchev–Trinajstić information content (AvgIpc) is 2.76. The fourth-order valence-corrected chi connectivity index (χ4v) is 4.79. The van der Waals surface area contributed by atoms with Crippen molar-refractivity contribution in [3.05, 3.63) is 16.3 Å². The monoisotopic (exact) mass is 289 g/mol. The van der Waals surface area contributed by atoms with E-state index in [1.807, 2.05) is 25.2 Å². The fraction of sp³-hybridized carbons (Fsp3) is 0.500. The number of thioether (sulfide) groups is 1. The zero-order chi connectivity index (χ0) is 13.4. The van der Waals surface area contributed by atoms with Gasteiger partial charge < -0.3 is 0 Å². The molecule has 0 aliphatic heterocycles. The first-order valence-corrected chi connectivity index (χ1v) is 8.24. The first-order valence-electron chi connectivity index (χ1n) is 6.54. The van der Waals surface area contributed by atoms with E-state index < -0.39 is 0 Å². The van der Waals surface area contributed by atoms with Crippen LogP contribution in [0.3, 0.4) is 0 Å². The molecule has 19 heavy (non-hydrogen) atoms. The summed E-state index contributed by atoms with van der Waals surface area (Å²) >= 11 is 3.37. The van der Waals surface area contributed by atoms with E-state index in [0.717, 1.165) is 22.1 Å². The lowest BCUT2D eigenvalue weighted by molar-refractivity contribution is 0.699. The van der Waals surface area contributed by atoms with Gasteiger partial charge in [-0.25, -0.2) is 9.97 Å². The predicted octanol–water partition coefficient (Wildman–Crippen LogP) is 3.88. The van der Waals surface area contributed by atoms with E-state index in [9.17, 15) is 0 Å². The summed E-state index contributed by atoms with van der Waals surface area (Å²) in [4.78, 5) is 11.7. The van der Waals surface area contributed by atoms with E-state index in [2.05, 4.69) is 16.0 Å². The molecule has 0 saturated heterocycles. The molecule has 2 heterocycles. The van der Waals surface area contributed by atoms with Crippen LogP contribution in [0, 0.1) is 18.3 Å². The lowest BCUT2D eigenvalue weighted by Crippen LogP contribution is -2.01. The molecule has 0 aromatic carbocycles. The van der Waals surface area contributed by atoms with Gasteiger partial charge in [-0.1, -0.05) is 11.8 Å². The van der Waals surface area contributed by atoms with Gasteiger partial charge in [-0.05, 0) is 45.1 Å². The Kier molecular flexibility index (Phi) is 3.46. The summed E-state index contributed by atoms with van der Waals surface area (Å²) in [5, 5.41) is 11.2. The molecule has 0 spiro atoms. The summed E-state index contributed by atoms with van der Waals surface area (Å²) in [5.74, 6) is 0.804. The van der Waals surface area contributed by atoms with Crippen LogP contribution < -0.4 is 0 Å². The van der Waals surface area contributed by atoms with Crippen molar-refractivity contribution in [3.8, 4) is 6.07 Å². The van der Waals surface area contributed by atoms with Crippen LogP contribution in [-0.4, -0.2) is 15.2 Å². The van der Waals surface area contributed by atoms with Crippen LogP contribution in [0.15, 0.2) is 5.03 Å². The van der Waals surface area contributed by atoms with Gasteiger partial charge in [-0.3, -0.25) is 0 Å². The van der Waals surface area contributed by atoms with Crippen molar-refractivity contribution in [2.45, 2.75) is 49.8 Å². The molecule has 0 amide bonds. The predicted molar refractivity (Wildman–Crippen MR) is 79.7 cm³/mol. The van der Waals surface area contributed by atoms with Crippen LogP contribution in [0.5, 0.6) is 0 Å². The highest BCUT2D eigenvalue weighted by Gasteiger charge is 2.21. The lowest BCUT2D eigenvalue weighted by Gasteiger charge is -2.12. The summed E-state index contributed by atoms with van der Waals surface area (Å²) < 4.78 is 0. The van der Waals surface area contributed by atoms with E-state index in [1.54, 1.807) is 11.8 Å². The van der Waals surface area contributed by atoms with Crippen molar-refractivity contribution >= 4 is 33.3 Å². The highest BCUT2D eigenvalue weighted by atomic mass is 32.2. The van der Waals surface area contributed by atoms with Crippen molar-refractivity contribution in [3.63, 3.8) is 0 Å². The van der Waals surface area contributed by atoms with Crippen LogP contribution in [0.25, 0.3) is 10.2 Å². The minimum atomic E-state index is -0.0726. The van der Waals surface area contributed by atoms with E-state index in [1.165, 1.54) is 35.1 Å². The van der Waals surface area contributed by atoms with Crippen molar-refractivity contribution < 1.29 is 0 Å². The maximum absolute atomic E-state index is 9.01. The second-order valence-electron chi connectivity index (χ2n) is 4.86. The number of nitriles is 1. The molecule has 0 unspecified atom stereocenters. The summed E-state index contributed by atoms with van der Waals surface area (Å²) in [6, 6.07) is 2.28. The number of nitrogens with zero attached hydrogens (tertiary/aromatic N) is 3. The van der Waals surface area contributed by atoms with Crippen molar-refractivity contribution in [2.75, 3.05) is 0 Å². The van der Waals surface area contributed by atoms with Gasteiger partial charge in [0.15, 0.2) is 0 Å². The third-order valence-electron chi connectivity index (χ3n) is 3.36. The summed E-state index contributed by atoms with van der Waals surface area (Å²) in [7, 11) is 0. The van der Waals surface area contributed by atoms with Gasteiger partial charge in [0.05, 0.1) is 11.3 Å². The summed E-state index contributed by atoms with van der Waals surface area (Å²) in [5.41, 5.74) is 1.44. The lowest BCUT2D eigenvalue weighted by atomic mass is 9.97. The van der Waals surface area contributed by atoms with Crippen molar-refractivity contribution in [1.82, 2.24) is 9.97 Å². The van der Waals surface area contributed by atoms with Gasteiger partial charge >= 0.3 is 0 Å².